The van der Waals surface area contributed by atoms with Crippen LogP contribution in [0.1, 0.15) is 18.2 Å². The fourth-order valence-electron chi connectivity index (χ4n) is 4.00. The van der Waals surface area contributed by atoms with Gasteiger partial charge in [0.1, 0.15) is 5.82 Å². The first-order chi connectivity index (χ1) is 14.6. The van der Waals surface area contributed by atoms with Gasteiger partial charge in [-0.05, 0) is 13.0 Å². The number of hydrogen-bond donors (Lipinski definition) is 0. The van der Waals surface area contributed by atoms with Crippen molar-refractivity contribution in [3.63, 3.8) is 0 Å². The molecular weight excluding hydrogens is 402 g/mol. The van der Waals surface area contributed by atoms with Crippen molar-refractivity contribution in [2.24, 2.45) is 4.36 Å². The van der Waals surface area contributed by atoms with Crippen LogP contribution in [0.25, 0.3) is 17.5 Å². The molecule has 1 aliphatic carbocycles. The Labute approximate surface area is 176 Å². The summed E-state index contributed by atoms with van der Waals surface area (Å²) in [5.74, 6) is 2.71. The van der Waals surface area contributed by atoms with E-state index in [1.165, 1.54) is 0 Å². The maximum absolute atomic E-state index is 13.2. The second-order valence-electron chi connectivity index (χ2n) is 7.74. The number of rotatable bonds is 3. The van der Waals surface area contributed by atoms with Gasteiger partial charge in [-0.25, -0.2) is 14.2 Å². The largest absolute Gasteiger partial charge is 0.379 e. The van der Waals surface area contributed by atoms with Gasteiger partial charge in [-0.1, -0.05) is 12.2 Å². The second-order valence-corrected chi connectivity index (χ2v) is 10.3. The molecule has 3 aliphatic rings. The number of pyridine rings is 1. The van der Waals surface area contributed by atoms with Gasteiger partial charge in [-0.2, -0.15) is 4.36 Å². The molecule has 4 heterocycles. The van der Waals surface area contributed by atoms with Gasteiger partial charge in [-0.3, -0.25) is 4.98 Å². The van der Waals surface area contributed by atoms with Gasteiger partial charge >= 0.3 is 0 Å². The molecule has 30 heavy (non-hydrogen) atoms. The van der Waals surface area contributed by atoms with Gasteiger partial charge in [0.15, 0.2) is 11.6 Å². The molecule has 0 bridgehead atoms. The van der Waals surface area contributed by atoms with E-state index in [-0.39, 0.29) is 6.04 Å². The zero-order valence-corrected chi connectivity index (χ0v) is 17.8. The minimum Gasteiger partial charge on any atom is -0.379 e. The van der Waals surface area contributed by atoms with E-state index in [1.54, 1.807) is 6.20 Å². The molecule has 0 aromatic carbocycles. The number of aromatic nitrogens is 3. The first kappa shape index (κ1) is 19.6. The van der Waals surface area contributed by atoms with Crippen molar-refractivity contribution >= 4 is 27.4 Å². The van der Waals surface area contributed by atoms with Gasteiger partial charge in [0.25, 0.3) is 0 Å². The van der Waals surface area contributed by atoms with Crippen LogP contribution in [-0.4, -0.2) is 69.7 Å². The molecule has 8 nitrogen and oxygen atoms in total. The molecule has 0 radical (unpaired) electrons. The van der Waals surface area contributed by atoms with E-state index in [1.807, 2.05) is 12.1 Å². The van der Waals surface area contributed by atoms with Gasteiger partial charge in [-0.15, -0.1) is 0 Å². The molecule has 2 saturated heterocycles. The first-order valence-corrected chi connectivity index (χ1v) is 12.2. The maximum atomic E-state index is 13.2. The lowest BCUT2D eigenvalue weighted by Crippen LogP contribution is -2.44. The molecule has 5 rings (SSSR count). The quantitative estimate of drug-likeness (QED) is 0.743. The van der Waals surface area contributed by atoms with Crippen LogP contribution in [0.5, 0.6) is 0 Å². The van der Waals surface area contributed by atoms with Gasteiger partial charge < -0.3 is 14.4 Å². The molecule has 158 valence electrons. The Hall–Kier alpha value is -2.36. The average Bonchev–Trinajstić information content (AvgIpc) is 3.23. The zero-order chi connectivity index (χ0) is 20.6. The van der Waals surface area contributed by atoms with Gasteiger partial charge in [0.05, 0.1) is 59.4 Å². The fourth-order valence-corrected chi connectivity index (χ4v) is 5.57. The number of morpholine rings is 1. The van der Waals surface area contributed by atoms with E-state index < -0.39 is 9.73 Å². The summed E-state index contributed by atoms with van der Waals surface area (Å²) in [6.07, 6.45) is 6.78. The number of hydrogen-bond acceptors (Lipinski definition) is 8. The summed E-state index contributed by atoms with van der Waals surface area (Å²) in [7, 11) is -2.37. The second kappa shape index (κ2) is 8.05. The van der Waals surface area contributed by atoms with Crippen LogP contribution in [0.2, 0.25) is 0 Å². The smallest absolute Gasteiger partial charge is 0.167 e. The molecule has 0 unspecified atom stereocenters. The summed E-state index contributed by atoms with van der Waals surface area (Å²) in [6.45, 7) is 5.09. The van der Waals surface area contributed by atoms with E-state index in [4.69, 9.17) is 19.4 Å². The summed E-state index contributed by atoms with van der Waals surface area (Å²) >= 11 is 0. The Morgan fingerprint density at radius 1 is 1.20 bits per heavy atom. The molecule has 2 aromatic heterocycles. The van der Waals surface area contributed by atoms with Crippen LogP contribution in [-0.2, 0) is 25.6 Å². The van der Waals surface area contributed by atoms with E-state index in [0.29, 0.717) is 49.6 Å². The Kier molecular flexibility index (Phi) is 5.26. The molecule has 0 amide bonds. The van der Waals surface area contributed by atoms with Crippen molar-refractivity contribution in [3.8, 4) is 11.4 Å². The highest BCUT2D eigenvalue weighted by Crippen LogP contribution is 2.32. The summed E-state index contributed by atoms with van der Waals surface area (Å²) in [4.78, 5) is 16.3. The first-order valence-electron chi connectivity index (χ1n) is 10.3. The van der Waals surface area contributed by atoms with Crippen LogP contribution >= 0.6 is 0 Å². The zero-order valence-electron chi connectivity index (χ0n) is 17.0. The third-order valence-corrected chi connectivity index (χ3v) is 7.75. The van der Waals surface area contributed by atoms with Crippen molar-refractivity contribution in [2.75, 3.05) is 49.4 Å². The minimum absolute atomic E-state index is 0.189. The third-order valence-electron chi connectivity index (χ3n) is 5.62. The Morgan fingerprint density at radius 3 is 2.90 bits per heavy atom. The number of anilines is 1. The summed E-state index contributed by atoms with van der Waals surface area (Å²) in [5.41, 5.74) is 3.00. The summed E-state index contributed by atoms with van der Waals surface area (Å²) < 4.78 is 28.8. The lowest BCUT2D eigenvalue weighted by Gasteiger charge is -2.34. The Bertz CT molecular complexity index is 1100. The molecule has 2 aromatic rings. The van der Waals surface area contributed by atoms with E-state index in [9.17, 15) is 4.21 Å². The molecule has 9 heteroatoms. The van der Waals surface area contributed by atoms with E-state index in [2.05, 4.69) is 33.3 Å². The van der Waals surface area contributed by atoms with Crippen molar-refractivity contribution in [3.05, 3.63) is 35.7 Å². The standard InChI is InChI=1S/C21H25N5O3S/c1-15-14-29-8-7-26(15)20-13-19(25-30(27)11-9-28-10-12-30)23-21(24-20)17-5-6-22-18-4-2-3-16(17)18/h2-3,5-6,13,15H,4,7-12,14H2,1H3/t15-/m1/s1. The normalized spacial score (nSPS) is 22.7. The van der Waals surface area contributed by atoms with Crippen molar-refractivity contribution in [2.45, 2.75) is 19.4 Å². The topological polar surface area (TPSA) is 89.8 Å². The fraction of sp³-hybridized carbons (Fsp3) is 0.476. The maximum Gasteiger partial charge on any atom is 0.167 e. The highest BCUT2D eigenvalue weighted by Gasteiger charge is 2.24. The third kappa shape index (κ3) is 3.84. The summed E-state index contributed by atoms with van der Waals surface area (Å²) in [6, 6.07) is 3.98. The lowest BCUT2D eigenvalue weighted by molar-refractivity contribution is 0.0985. The molecule has 0 saturated carbocycles. The molecule has 1 atom stereocenters. The highest BCUT2D eigenvalue weighted by molar-refractivity contribution is 7.93. The highest BCUT2D eigenvalue weighted by atomic mass is 32.2. The van der Waals surface area contributed by atoms with E-state index >= 15 is 0 Å². The molecular formula is C21H25N5O3S. The van der Waals surface area contributed by atoms with Crippen molar-refractivity contribution in [1.29, 1.82) is 0 Å². The Balaban J connectivity index is 1.64. The van der Waals surface area contributed by atoms with Crippen molar-refractivity contribution < 1.29 is 13.7 Å². The van der Waals surface area contributed by atoms with Crippen LogP contribution in [0, 0.1) is 0 Å². The number of fused-ring (bicyclic) bond motifs is 1. The number of nitrogens with zero attached hydrogens (tertiary/aromatic N) is 5. The van der Waals surface area contributed by atoms with Crippen molar-refractivity contribution in [1.82, 2.24) is 15.0 Å². The monoisotopic (exact) mass is 427 g/mol. The molecule has 0 spiro atoms. The molecule has 0 N–H and O–H groups in total. The van der Waals surface area contributed by atoms with Crippen LogP contribution in [0.4, 0.5) is 11.6 Å². The SMILES string of the molecule is C[C@@H]1COCCN1c1cc(N=S2(=O)CCOCC2)nc(-c2ccnc3c2C=CC3)n1. The molecule has 2 aliphatic heterocycles. The van der Waals surface area contributed by atoms with Crippen LogP contribution in [0.3, 0.4) is 0 Å². The number of allylic oxidation sites excluding steroid dienone is 1. The predicted octanol–water partition coefficient (Wildman–Crippen LogP) is 2.46. The lowest BCUT2D eigenvalue weighted by atomic mass is 10.1. The number of ether oxygens (including phenoxy) is 2. The van der Waals surface area contributed by atoms with Gasteiger partial charge in [0.2, 0.25) is 0 Å². The van der Waals surface area contributed by atoms with Crippen LogP contribution in [0.15, 0.2) is 28.8 Å². The summed E-state index contributed by atoms with van der Waals surface area (Å²) in [5, 5.41) is 0. The average molecular weight is 428 g/mol. The van der Waals surface area contributed by atoms with Crippen LogP contribution < -0.4 is 4.90 Å². The molecule has 2 fully saturated rings. The van der Waals surface area contributed by atoms with Gasteiger partial charge in [0, 0.05) is 36.4 Å². The predicted molar refractivity (Wildman–Crippen MR) is 116 cm³/mol. The Morgan fingerprint density at radius 2 is 2.07 bits per heavy atom. The minimum atomic E-state index is -2.37. The van der Waals surface area contributed by atoms with E-state index in [0.717, 1.165) is 35.6 Å².